The number of nitrogens with zero attached hydrogens (tertiary/aromatic N) is 1. The Balaban J connectivity index is 0.00000176. The van der Waals surface area contributed by atoms with Crippen molar-refractivity contribution in [2.75, 3.05) is 6.54 Å². The highest BCUT2D eigenvalue weighted by Gasteiger charge is 2.23. The highest BCUT2D eigenvalue weighted by atomic mass is 35.5. The summed E-state index contributed by atoms with van der Waals surface area (Å²) >= 11 is 0. The Morgan fingerprint density at radius 2 is 1.91 bits per heavy atom. The summed E-state index contributed by atoms with van der Waals surface area (Å²) in [5, 5.41) is 3.40. The molecular weight excluding hydrogens is 296 g/mol. The first-order valence-electron chi connectivity index (χ1n) is 8.30. The SMILES string of the molecule is CC1CN=C(C(C)Oc2ccccc2C2CCCCC2)N1.Cl. The monoisotopic (exact) mass is 322 g/mol. The maximum Gasteiger partial charge on any atom is 0.152 e. The second-order valence-corrected chi connectivity index (χ2v) is 6.40. The van der Waals surface area contributed by atoms with Gasteiger partial charge in [-0.25, -0.2) is 0 Å². The summed E-state index contributed by atoms with van der Waals surface area (Å²) in [6, 6.07) is 8.99. The van der Waals surface area contributed by atoms with E-state index in [1.807, 2.05) is 0 Å². The molecule has 3 nitrogen and oxygen atoms in total. The van der Waals surface area contributed by atoms with Crippen molar-refractivity contribution in [1.29, 1.82) is 0 Å². The van der Waals surface area contributed by atoms with Crippen molar-refractivity contribution in [3.05, 3.63) is 29.8 Å². The van der Waals surface area contributed by atoms with Crippen molar-refractivity contribution in [3.63, 3.8) is 0 Å². The molecule has 4 heteroatoms. The molecule has 0 bridgehead atoms. The van der Waals surface area contributed by atoms with Crippen LogP contribution in [0.2, 0.25) is 0 Å². The molecule has 0 amide bonds. The third kappa shape index (κ3) is 3.95. The van der Waals surface area contributed by atoms with Gasteiger partial charge >= 0.3 is 0 Å². The van der Waals surface area contributed by atoms with Crippen LogP contribution in [0.3, 0.4) is 0 Å². The predicted octanol–water partition coefficient (Wildman–Crippen LogP) is 4.31. The fourth-order valence-electron chi connectivity index (χ4n) is 3.41. The lowest BCUT2D eigenvalue weighted by Gasteiger charge is -2.25. The van der Waals surface area contributed by atoms with Crippen molar-refractivity contribution in [2.45, 2.75) is 64.0 Å². The Bertz CT molecular complexity index is 512. The molecule has 1 aromatic carbocycles. The van der Waals surface area contributed by atoms with E-state index < -0.39 is 0 Å². The summed E-state index contributed by atoms with van der Waals surface area (Å²) in [7, 11) is 0. The molecule has 0 saturated heterocycles. The Kier molecular flexibility index (Phi) is 6.13. The minimum absolute atomic E-state index is 0. The number of amidine groups is 1. The van der Waals surface area contributed by atoms with Crippen LogP contribution in [0.4, 0.5) is 0 Å². The summed E-state index contributed by atoms with van der Waals surface area (Å²) in [6.07, 6.45) is 6.67. The average molecular weight is 323 g/mol. The normalized spacial score (nSPS) is 23.2. The summed E-state index contributed by atoms with van der Waals surface area (Å²) in [4.78, 5) is 4.54. The molecule has 2 unspecified atom stereocenters. The molecule has 122 valence electrons. The van der Waals surface area contributed by atoms with Crippen molar-refractivity contribution >= 4 is 18.2 Å². The summed E-state index contributed by atoms with van der Waals surface area (Å²) < 4.78 is 6.24. The zero-order chi connectivity index (χ0) is 14.7. The molecule has 0 spiro atoms. The maximum atomic E-state index is 6.24. The van der Waals surface area contributed by atoms with Gasteiger partial charge in [0.15, 0.2) is 6.10 Å². The summed E-state index contributed by atoms with van der Waals surface area (Å²) in [5.74, 6) is 2.70. The van der Waals surface area contributed by atoms with E-state index in [4.69, 9.17) is 4.74 Å². The smallest absolute Gasteiger partial charge is 0.152 e. The largest absolute Gasteiger partial charge is 0.483 e. The number of ether oxygens (including phenoxy) is 1. The first-order valence-corrected chi connectivity index (χ1v) is 8.30. The van der Waals surface area contributed by atoms with Crippen molar-refractivity contribution < 1.29 is 4.74 Å². The van der Waals surface area contributed by atoms with Gasteiger partial charge in [-0.15, -0.1) is 12.4 Å². The predicted molar refractivity (Wildman–Crippen MR) is 94.5 cm³/mol. The molecule has 3 rings (SSSR count). The van der Waals surface area contributed by atoms with Crippen LogP contribution in [0.5, 0.6) is 5.75 Å². The van der Waals surface area contributed by atoms with Crippen LogP contribution < -0.4 is 10.1 Å². The van der Waals surface area contributed by atoms with Gasteiger partial charge in [0.25, 0.3) is 0 Å². The Morgan fingerprint density at radius 3 is 2.59 bits per heavy atom. The van der Waals surface area contributed by atoms with Crippen LogP contribution in [-0.4, -0.2) is 24.5 Å². The molecule has 22 heavy (non-hydrogen) atoms. The molecule has 1 saturated carbocycles. The quantitative estimate of drug-likeness (QED) is 0.896. The molecular formula is C18H27ClN2O. The lowest BCUT2D eigenvalue weighted by atomic mass is 9.84. The fourth-order valence-corrected chi connectivity index (χ4v) is 3.41. The third-order valence-electron chi connectivity index (χ3n) is 4.58. The van der Waals surface area contributed by atoms with Gasteiger partial charge in [0.05, 0.1) is 6.54 Å². The molecule has 1 aromatic rings. The van der Waals surface area contributed by atoms with Crippen LogP contribution in [0.15, 0.2) is 29.3 Å². The molecule has 1 aliphatic carbocycles. The van der Waals surface area contributed by atoms with Gasteiger partial charge in [0.2, 0.25) is 0 Å². The average Bonchev–Trinajstić information content (AvgIpc) is 2.95. The van der Waals surface area contributed by atoms with Crippen molar-refractivity contribution in [2.24, 2.45) is 4.99 Å². The van der Waals surface area contributed by atoms with Gasteiger partial charge in [-0.05, 0) is 44.2 Å². The van der Waals surface area contributed by atoms with Crippen LogP contribution in [0, 0.1) is 0 Å². The third-order valence-corrected chi connectivity index (χ3v) is 4.58. The van der Waals surface area contributed by atoms with E-state index in [1.165, 1.54) is 37.7 Å². The van der Waals surface area contributed by atoms with E-state index >= 15 is 0 Å². The minimum atomic E-state index is -0.000287. The van der Waals surface area contributed by atoms with Crippen molar-refractivity contribution in [1.82, 2.24) is 5.32 Å². The molecule has 1 fully saturated rings. The van der Waals surface area contributed by atoms with Gasteiger partial charge in [-0.3, -0.25) is 4.99 Å². The highest BCUT2D eigenvalue weighted by molar-refractivity contribution is 5.88. The number of hydrogen-bond acceptors (Lipinski definition) is 3. The minimum Gasteiger partial charge on any atom is -0.483 e. The number of aliphatic imine (C=N–C) groups is 1. The molecule has 1 heterocycles. The molecule has 1 N–H and O–H groups in total. The van der Waals surface area contributed by atoms with E-state index in [-0.39, 0.29) is 18.5 Å². The number of para-hydroxylation sites is 1. The van der Waals surface area contributed by atoms with Crippen LogP contribution in [0.1, 0.15) is 57.4 Å². The first kappa shape index (κ1) is 17.1. The van der Waals surface area contributed by atoms with E-state index in [9.17, 15) is 0 Å². The number of nitrogens with one attached hydrogen (secondary N) is 1. The number of benzene rings is 1. The van der Waals surface area contributed by atoms with Gasteiger partial charge in [0.1, 0.15) is 11.6 Å². The zero-order valence-corrected chi connectivity index (χ0v) is 14.4. The number of rotatable bonds is 4. The molecule has 2 atom stereocenters. The molecule has 2 aliphatic rings. The van der Waals surface area contributed by atoms with Gasteiger partial charge in [-0.1, -0.05) is 37.5 Å². The summed E-state index contributed by atoms with van der Waals surface area (Å²) in [5.41, 5.74) is 1.38. The number of halogens is 1. The van der Waals surface area contributed by atoms with E-state index in [1.54, 1.807) is 0 Å². The lowest BCUT2D eigenvalue weighted by Crippen LogP contribution is -2.37. The maximum absolute atomic E-state index is 6.24. The zero-order valence-electron chi connectivity index (χ0n) is 13.5. The van der Waals surface area contributed by atoms with Gasteiger partial charge in [0, 0.05) is 6.04 Å². The standard InChI is InChI=1S/C18H26N2O.ClH/c1-13-12-19-18(20-13)14(2)21-17-11-7-6-10-16(17)15-8-4-3-5-9-15;/h6-7,10-11,13-15H,3-5,8-9,12H2,1-2H3,(H,19,20);1H. The summed E-state index contributed by atoms with van der Waals surface area (Å²) in [6.45, 7) is 5.09. The van der Waals surface area contributed by atoms with Gasteiger partial charge in [-0.2, -0.15) is 0 Å². The van der Waals surface area contributed by atoms with Crippen LogP contribution in [-0.2, 0) is 0 Å². The van der Waals surface area contributed by atoms with E-state index in [0.717, 1.165) is 18.1 Å². The first-order chi connectivity index (χ1) is 10.2. The second kappa shape index (κ2) is 7.87. The van der Waals surface area contributed by atoms with Crippen molar-refractivity contribution in [3.8, 4) is 5.75 Å². The second-order valence-electron chi connectivity index (χ2n) is 6.40. The topological polar surface area (TPSA) is 33.6 Å². The molecule has 0 aromatic heterocycles. The van der Waals surface area contributed by atoms with Crippen LogP contribution >= 0.6 is 12.4 Å². The van der Waals surface area contributed by atoms with Gasteiger partial charge < -0.3 is 10.1 Å². The fraction of sp³-hybridized carbons (Fsp3) is 0.611. The Labute approximate surface area is 140 Å². The molecule has 0 radical (unpaired) electrons. The van der Waals surface area contributed by atoms with E-state index in [2.05, 4.69) is 48.4 Å². The highest BCUT2D eigenvalue weighted by Crippen LogP contribution is 2.37. The van der Waals surface area contributed by atoms with E-state index in [0.29, 0.717) is 12.0 Å². The van der Waals surface area contributed by atoms with Crippen LogP contribution in [0.25, 0.3) is 0 Å². The molecule has 1 aliphatic heterocycles. The Hall–Kier alpha value is -1.22. The lowest BCUT2D eigenvalue weighted by molar-refractivity contribution is 0.276. The Morgan fingerprint density at radius 1 is 1.18 bits per heavy atom. The number of hydrogen-bond donors (Lipinski definition) is 1.